The van der Waals surface area contributed by atoms with E-state index in [1.807, 2.05) is 0 Å². The van der Waals surface area contributed by atoms with Crippen molar-refractivity contribution in [2.24, 2.45) is 10.7 Å². The molecule has 0 aliphatic heterocycles. The Balaban J connectivity index is 2.11. The van der Waals surface area contributed by atoms with Crippen molar-refractivity contribution in [1.82, 2.24) is 0 Å². The van der Waals surface area contributed by atoms with Gasteiger partial charge in [0.05, 0.1) is 5.70 Å². The molecule has 0 saturated carbocycles. The lowest BCUT2D eigenvalue weighted by molar-refractivity contribution is 0.657. The third-order valence-corrected chi connectivity index (χ3v) is 3.27. The van der Waals surface area contributed by atoms with Gasteiger partial charge in [-0.05, 0) is 52.2 Å². The smallest absolute Gasteiger partial charge is 0.0550 e. The first kappa shape index (κ1) is 13.8. The molecule has 0 bridgehead atoms. The van der Waals surface area contributed by atoms with Crippen LogP contribution in [-0.2, 0) is 0 Å². The molecule has 2 N–H and O–H groups in total. The van der Waals surface area contributed by atoms with Gasteiger partial charge in [0.1, 0.15) is 0 Å². The second-order valence-corrected chi connectivity index (χ2v) is 4.71. The summed E-state index contributed by atoms with van der Waals surface area (Å²) in [4.78, 5) is 3.87. The third-order valence-electron chi connectivity index (χ3n) is 3.27. The minimum absolute atomic E-state index is 0.917. The van der Waals surface area contributed by atoms with E-state index in [1.54, 1.807) is 11.8 Å². The number of nitrogens with zero attached hydrogens (tertiary/aromatic N) is 1. The van der Waals surface area contributed by atoms with Crippen molar-refractivity contribution >= 4 is 6.72 Å². The zero-order valence-corrected chi connectivity index (χ0v) is 10.9. The van der Waals surface area contributed by atoms with Crippen molar-refractivity contribution in [3.05, 3.63) is 35.2 Å². The van der Waals surface area contributed by atoms with Crippen LogP contribution in [0.1, 0.15) is 51.9 Å². The van der Waals surface area contributed by atoms with Crippen LogP contribution in [0.2, 0.25) is 0 Å². The summed E-state index contributed by atoms with van der Waals surface area (Å²) < 4.78 is 0. The Labute approximate surface area is 105 Å². The van der Waals surface area contributed by atoms with Crippen LogP contribution in [0.5, 0.6) is 0 Å². The molecule has 0 spiro atoms. The number of hydrogen-bond acceptors (Lipinski definition) is 2. The molecule has 0 radical (unpaired) electrons. The van der Waals surface area contributed by atoms with E-state index in [1.165, 1.54) is 37.7 Å². The molecule has 0 saturated heterocycles. The fraction of sp³-hybridized carbons (Fsp3) is 0.533. The highest BCUT2D eigenvalue weighted by molar-refractivity contribution is 5.28. The lowest BCUT2D eigenvalue weighted by Gasteiger charge is -2.11. The molecule has 0 aromatic heterocycles. The summed E-state index contributed by atoms with van der Waals surface area (Å²) in [7, 11) is 0. The topological polar surface area (TPSA) is 38.4 Å². The van der Waals surface area contributed by atoms with Crippen LogP contribution in [-0.4, -0.2) is 6.72 Å². The van der Waals surface area contributed by atoms with Crippen LogP contribution in [0.25, 0.3) is 0 Å². The van der Waals surface area contributed by atoms with E-state index in [2.05, 4.69) is 30.8 Å². The van der Waals surface area contributed by atoms with Crippen molar-refractivity contribution in [1.29, 1.82) is 0 Å². The fourth-order valence-corrected chi connectivity index (χ4v) is 2.04. The first-order valence-corrected chi connectivity index (χ1v) is 6.49. The van der Waals surface area contributed by atoms with Gasteiger partial charge in [-0.3, -0.25) is 4.99 Å². The van der Waals surface area contributed by atoms with Crippen molar-refractivity contribution in [3.63, 3.8) is 0 Å². The number of rotatable bonds is 7. The summed E-state index contributed by atoms with van der Waals surface area (Å²) in [6.45, 7) is 5.70. The average molecular weight is 232 g/mol. The maximum absolute atomic E-state index is 5.42. The number of nitrogens with two attached hydrogens (primary N) is 1. The Bertz CT molecular complexity index is 335. The van der Waals surface area contributed by atoms with E-state index >= 15 is 0 Å². The summed E-state index contributed by atoms with van der Waals surface area (Å²) in [5.74, 6) is 0. The molecule has 0 aromatic rings. The van der Waals surface area contributed by atoms with Gasteiger partial charge in [0.25, 0.3) is 0 Å². The van der Waals surface area contributed by atoms with E-state index in [0.717, 1.165) is 18.5 Å². The average Bonchev–Trinajstić information content (AvgIpc) is 2.36. The second kappa shape index (κ2) is 7.88. The highest BCUT2D eigenvalue weighted by Gasteiger charge is 2.03. The van der Waals surface area contributed by atoms with Gasteiger partial charge in [-0.15, -0.1) is 0 Å². The van der Waals surface area contributed by atoms with Crippen LogP contribution in [0.3, 0.4) is 0 Å². The van der Waals surface area contributed by atoms with E-state index in [4.69, 9.17) is 5.73 Å². The van der Waals surface area contributed by atoms with Gasteiger partial charge >= 0.3 is 0 Å². The zero-order chi connectivity index (χ0) is 12.5. The van der Waals surface area contributed by atoms with Crippen molar-refractivity contribution in [2.75, 3.05) is 0 Å². The van der Waals surface area contributed by atoms with Crippen molar-refractivity contribution in [3.8, 4) is 0 Å². The van der Waals surface area contributed by atoms with Crippen LogP contribution in [0, 0.1) is 0 Å². The van der Waals surface area contributed by atoms with Crippen molar-refractivity contribution < 1.29 is 0 Å². The molecule has 1 aliphatic carbocycles. The molecule has 0 fully saturated rings. The van der Waals surface area contributed by atoms with E-state index < -0.39 is 0 Å². The minimum Gasteiger partial charge on any atom is -0.403 e. The van der Waals surface area contributed by atoms with Gasteiger partial charge in [-0.25, -0.2) is 0 Å². The predicted molar refractivity (Wildman–Crippen MR) is 76.0 cm³/mol. The highest BCUT2D eigenvalue weighted by atomic mass is 14.7. The largest absolute Gasteiger partial charge is 0.403 e. The maximum Gasteiger partial charge on any atom is 0.0550 e. The molecule has 0 atom stereocenters. The summed E-state index contributed by atoms with van der Waals surface area (Å²) in [5.41, 5.74) is 9.44. The Morgan fingerprint density at radius 1 is 1.35 bits per heavy atom. The van der Waals surface area contributed by atoms with E-state index in [0.29, 0.717) is 0 Å². The molecule has 1 rings (SSSR count). The Morgan fingerprint density at radius 3 is 2.76 bits per heavy atom. The molecule has 94 valence electrons. The molecular formula is C15H24N2. The first-order valence-electron chi connectivity index (χ1n) is 6.49. The fourth-order valence-electron chi connectivity index (χ4n) is 2.04. The monoisotopic (exact) mass is 232 g/mol. The van der Waals surface area contributed by atoms with Gasteiger partial charge in [-0.2, -0.15) is 0 Å². The van der Waals surface area contributed by atoms with Crippen LogP contribution < -0.4 is 5.73 Å². The standard InChI is InChI=1S/C15H24N2/c1-13-8-10-14(11-9-13)6-4-3-5-7-15(12-16)17-2/h8,10,12H,2-7,9,11,16H2,1H3/b15-12-. The molecular weight excluding hydrogens is 208 g/mol. The van der Waals surface area contributed by atoms with Gasteiger partial charge < -0.3 is 5.73 Å². The predicted octanol–water partition coefficient (Wildman–Crippen LogP) is 4.10. The number of aliphatic imine (C=N–C) groups is 1. The maximum atomic E-state index is 5.42. The van der Waals surface area contributed by atoms with Gasteiger partial charge in [0, 0.05) is 6.20 Å². The first-order chi connectivity index (χ1) is 8.26. The molecule has 1 aliphatic rings. The van der Waals surface area contributed by atoms with E-state index in [9.17, 15) is 0 Å². The lowest BCUT2D eigenvalue weighted by atomic mass is 9.95. The lowest BCUT2D eigenvalue weighted by Crippen LogP contribution is -1.92. The molecule has 0 amide bonds. The van der Waals surface area contributed by atoms with E-state index in [-0.39, 0.29) is 0 Å². The second-order valence-electron chi connectivity index (χ2n) is 4.71. The van der Waals surface area contributed by atoms with Gasteiger partial charge in [-0.1, -0.05) is 29.7 Å². The van der Waals surface area contributed by atoms with Crippen LogP contribution in [0.4, 0.5) is 0 Å². The van der Waals surface area contributed by atoms with Crippen LogP contribution >= 0.6 is 0 Å². The summed E-state index contributed by atoms with van der Waals surface area (Å²) >= 11 is 0. The molecule has 2 heteroatoms. The molecule has 0 heterocycles. The Hall–Kier alpha value is -1.31. The summed E-state index contributed by atoms with van der Waals surface area (Å²) in [6.07, 6.45) is 14.5. The minimum atomic E-state index is 0.917. The summed E-state index contributed by atoms with van der Waals surface area (Å²) in [5, 5.41) is 0. The molecule has 0 aromatic carbocycles. The number of unbranched alkanes of at least 4 members (excludes halogenated alkanes) is 2. The highest BCUT2D eigenvalue weighted by Crippen LogP contribution is 2.22. The third kappa shape index (κ3) is 5.53. The quantitative estimate of drug-likeness (QED) is 0.521. The molecule has 2 nitrogen and oxygen atoms in total. The number of allylic oxidation sites excluding steroid dienone is 5. The molecule has 0 unspecified atom stereocenters. The Morgan fingerprint density at radius 2 is 2.18 bits per heavy atom. The van der Waals surface area contributed by atoms with Gasteiger partial charge in [0.2, 0.25) is 0 Å². The van der Waals surface area contributed by atoms with Crippen molar-refractivity contribution in [2.45, 2.75) is 51.9 Å². The van der Waals surface area contributed by atoms with Gasteiger partial charge in [0.15, 0.2) is 0 Å². The molecule has 17 heavy (non-hydrogen) atoms. The Kier molecular flexibility index (Phi) is 6.38. The normalized spacial score (nSPS) is 16.4. The zero-order valence-electron chi connectivity index (χ0n) is 10.9. The number of hydrogen-bond donors (Lipinski definition) is 1. The summed E-state index contributed by atoms with van der Waals surface area (Å²) in [6, 6.07) is 0. The SMILES string of the molecule is C=N/C(=C\N)CCCCCC1=CC=C(C)CC1. The van der Waals surface area contributed by atoms with Crippen LogP contribution in [0.15, 0.2) is 40.2 Å².